The van der Waals surface area contributed by atoms with Crippen molar-refractivity contribution in [3.8, 4) is 0 Å². The summed E-state index contributed by atoms with van der Waals surface area (Å²) in [6.07, 6.45) is 10.4. The van der Waals surface area contributed by atoms with Crippen LogP contribution in [0.15, 0.2) is 18.7 Å². The lowest BCUT2D eigenvalue weighted by Crippen LogP contribution is -2.23. The van der Waals surface area contributed by atoms with Crippen molar-refractivity contribution in [2.45, 2.75) is 32.1 Å². The molecule has 2 rings (SSSR count). The highest BCUT2D eigenvalue weighted by molar-refractivity contribution is 5.72. The Morgan fingerprint density at radius 2 is 1.94 bits per heavy atom. The zero-order valence-electron chi connectivity index (χ0n) is 10.1. The van der Waals surface area contributed by atoms with Crippen LogP contribution < -0.4 is 0 Å². The van der Waals surface area contributed by atoms with Crippen molar-refractivity contribution in [2.75, 3.05) is 7.11 Å². The molecule has 1 aromatic heterocycles. The molecule has 1 aliphatic carbocycles. The fourth-order valence-electron chi connectivity index (χ4n) is 2.54. The molecule has 0 amide bonds. The summed E-state index contributed by atoms with van der Waals surface area (Å²) in [6.45, 7) is 0. The Bertz CT molecular complexity index is 359. The normalized spacial score (nSPS) is 24.3. The van der Waals surface area contributed by atoms with Crippen molar-refractivity contribution in [1.82, 2.24) is 9.97 Å². The van der Waals surface area contributed by atoms with Gasteiger partial charge in [-0.05, 0) is 43.6 Å². The number of carbonyl (C=O) groups is 1. The molecule has 1 fully saturated rings. The second-order valence-corrected chi connectivity index (χ2v) is 4.69. The number of methoxy groups -OCH3 is 1. The van der Waals surface area contributed by atoms with E-state index in [1.54, 1.807) is 6.33 Å². The highest BCUT2D eigenvalue weighted by Gasteiger charge is 2.26. The molecule has 0 aromatic carbocycles. The zero-order chi connectivity index (χ0) is 12.1. The highest BCUT2D eigenvalue weighted by atomic mass is 16.5. The van der Waals surface area contributed by atoms with Gasteiger partial charge in [0.05, 0.1) is 13.0 Å². The van der Waals surface area contributed by atoms with Gasteiger partial charge in [-0.1, -0.05) is 0 Å². The van der Waals surface area contributed by atoms with Crippen LogP contribution >= 0.6 is 0 Å². The molecule has 0 atom stereocenters. The Hall–Kier alpha value is -1.45. The highest BCUT2D eigenvalue weighted by Crippen LogP contribution is 2.31. The van der Waals surface area contributed by atoms with E-state index in [4.69, 9.17) is 4.74 Å². The van der Waals surface area contributed by atoms with E-state index in [9.17, 15) is 4.79 Å². The molecule has 1 saturated carbocycles. The maximum absolute atomic E-state index is 11.4. The van der Waals surface area contributed by atoms with E-state index in [0.29, 0.717) is 5.92 Å². The maximum atomic E-state index is 11.4. The fourth-order valence-corrected chi connectivity index (χ4v) is 2.54. The van der Waals surface area contributed by atoms with Crippen molar-refractivity contribution in [3.63, 3.8) is 0 Å². The molecule has 92 valence electrons. The summed E-state index contributed by atoms with van der Waals surface area (Å²) in [4.78, 5) is 19.4. The first-order valence-electron chi connectivity index (χ1n) is 6.11. The quantitative estimate of drug-likeness (QED) is 0.751. The van der Waals surface area contributed by atoms with Gasteiger partial charge in [0.2, 0.25) is 0 Å². The second-order valence-electron chi connectivity index (χ2n) is 4.69. The van der Waals surface area contributed by atoms with Crippen molar-refractivity contribution < 1.29 is 9.53 Å². The van der Waals surface area contributed by atoms with Gasteiger partial charge in [-0.2, -0.15) is 0 Å². The van der Waals surface area contributed by atoms with Crippen LogP contribution in [-0.2, 0) is 16.0 Å². The first kappa shape index (κ1) is 12.0. The van der Waals surface area contributed by atoms with Crippen LogP contribution in [0.2, 0.25) is 0 Å². The minimum absolute atomic E-state index is 0.0495. The molecular formula is C13H18N2O2. The second kappa shape index (κ2) is 5.75. The van der Waals surface area contributed by atoms with Gasteiger partial charge in [0.25, 0.3) is 0 Å². The topological polar surface area (TPSA) is 52.1 Å². The van der Waals surface area contributed by atoms with Crippen molar-refractivity contribution in [2.24, 2.45) is 11.8 Å². The molecule has 0 unspecified atom stereocenters. The average Bonchev–Trinajstić information content (AvgIpc) is 2.40. The summed E-state index contributed by atoms with van der Waals surface area (Å²) in [7, 11) is 1.47. The minimum Gasteiger partial charge on any atom is -0.469 e. The molecule has 4 heteroatoms. The number of rotatable bonds is 3. The van der Waals surface area contributed by atoms with E-state index in [1.807, 2.05) is 12.4 Å². The molecule has 1 heterocycles. The summed E-state index contributed by atoms with van der Waals surface area (Å²) in [5.74, 6) is 0.719. The Balaban J connectivity index is 1.82. The van der Waals surface area contributed by atoms with E-state index < -0.39 is 0 Å². The number of hydrogen-bond acceptors (Lipinski definition) is 4. The number of aromatic nitrogens is 2. The molecule has 0 spiro atoms. The molecule has 0 bridgehead atoms. The lowest BCUT2D eigenvalue weighted by atomic mass is 9.79. The van der Waals surface area contributed by atoms with E-state index in [2.05, 4.69) is 9.97 Å². The summed E-state index contributed by atoms with van der Waals surface area (Å²) in [5, 5.41) is 0. The van der Waals surface area contributed by atoms with Crippen LogP contribution in [0.25, 0.3) is 0 Å². The molecule has 1 aromatic rings. The third-order valence-electron chi connectivity index (χ3n) is 3.52. The van der Waals surface area contributed by atoms with Gasteiger partial charge in [-0.15, -0.1) is 0 Å². The van der Waals surface area contributed by atoms with Crippen molar-refractivity contribution >= 4 is 5.97 Å². The summed E-state index contributed by atoms with van der Waals surface area (Å²) in [5.41, 5.74) is 1.19. The van der Waals surface area contributed by atoms with Gasteiger partial charge >= 0.3 is 5.97 Å². The number of nitrogens with zero attached hydrogens (tertiary/aromatic N) is 2. The third kappa shape index (κ3) is 3.25. The zero-order valence-corrected chi connectivity index (χ0v) is 10.1. The standard InChI is InChI=1S/C13H18N2O2/c1-17-13(16)12-4-2-10(3-5-12)6-11-7-14-9-15-8-11/h7-10,12H,2-6H2,1H3/t10-,12-. The van der Waals surface area contributed by atoms with Gasteiger partial charge in [-0.25, -0.2) is 9.97 Å². The SMILES string of the molecule is COC(=O)[C@H]1CC[C@H](Cc2cncnc2)CC1. The van der Waals surface area contributed by atoms with Gasteiger partial charge in [0.1, 0.15) is 6.33 Å². The number of carbonyl (C=O) groups excluding carboxylic acids is 1. The predicted octanol–water partition coefficient (Wildman–Crippen LogP) is 2.00. The Morgan fingerprint density at radius 3 is 2.53 bits per heavy atom. The molecule has 0 aliphatic heterocycles. The van der Waals surface area contributed by atoms with Gasteiger partial charge in [0.15, 0.2) is 0 Å². The van der Waals surface area contributed by atoms with Gasteiger partial charge in [-0.3, -0.25) is 4.79 Å². The molecule has 4 nitrogen and oxygen atoms in total. The molecule has 17 heavy (non-hydrogen) atoms. The molecular weight excluding hydrogens is 216 g/mol. The van der Waals surface area contributed by atoms with Crippen LogP contribution in [0.5, 0.6) is 0 Å². The van der Waals surface area contributed by atoms with Crippen LogP contribution in [0, 0.1) is 11.8 Å². The first-order valence-corrected chi connectivity index (χ1v) is 6.11. The minimum atomic E-state index is -0.0495. The van der Waals surface area contributed by atoms with Gasteiger partial charge in [0, 0.05) is 12.4 Å². The van der Waals surface area contributed by atoms with E-state index in [0.717, 1.165) is 32.1 Å². The third-order valence-corrected chi connectivity index (χ3v) is 3.52. The Labute approximate surface area is 101 Å². The largest absolute Gasteiger partial charge is 0.469 e. The molecule has 1 aliphatic rings. The Kier molecular flexibility index (Phi) is 4.07. The number of hydrogen-bond donors (Lipinski definition) is 0. The number of esters is 1. The number of ether oxygens (including phenoxy) is 1. The van der Waals surface area contributed by atoms with E-state index in [1.165, 1.54) is 12.7 Å². The van der Waals surface area contributed by atoms with Crippen LogP contribution in [0.4, 0.5) is 0 Å². The van der Waals surface area contributed by atoms with E-state index in [-0.39, 0.29) is 11.9 Å². The summed E-state index contributed by atoms with van der Waals surface area (Å²) < 4.78 is 4.78. The van der Waals surface area contributed by atoms with Crippen molar-refractivity contribution in [1.29, 1.82) is 0 Å². The van der Waals surface area contributed by atoms with E-state index >= 15 is 0 Å². The lowest BCUT2D eigenvalue weighted by molar-refractivity contribution is -0.146. The lowest BCUT2D eigenvalue weighted by Gasteiger charge is -2.26. The smallest absolute Gasteiger partial charge is 0.308 e. The first-order chi connectivity index (χ1) is 8.29. The van der Waals surface area contributed by atoms with Crippen LogP contribution in [0.1, 0.15) is 31.2 Å². The monoisotopic (exact) mass is 234 g/mol. The summed E-state index contributed by atoms with van der Waals surface area (Å²) >= 11 is 0. The van der Waals surface area contributed by atoms with Crippen LogP contribution in [-0.4, -0.2) is 23.0 Å². The van der Waals surface area contributed by atoms with Crippen LogP contribution in [0.3, 0.4) is 0 Å². The molecule has 0 N–H and O–H groups in total. The maximum Gasteiger partial charge on any atom is 0.308 e. The molecule has 0 radical (unpaired) electrons. The average molecular weight is 234 g/mol. The van der Waals surface area contributed by atoms with Gasteiger partial charge < -0.3 is 4.74 Å². The Morgan fingerprint density at radius 1 is 1.29 bits per heavy atom. The fraction of sp³-hybridized carbons (Fsp3) is 0.615. The summed E-state index contributed by atoms with van der Waals surface area (Å²) in [6, 6.07) is 0. The predicted molar refractivity (Wildman–Crippen MR) is 63.2 cm³/mol. The molecule has 0 saturated heterocycles. The van der Waals surface area contributed by atoms with Crippen molar-refractivity contribution in [3.05, 3.63) is 24.3 Å².